The molecule has 0 bridgehead atoms. The topological polar surface area (TPSA) is 29.5 Å². The van der Waals surface area contributed by atoms with Gasteiger partial charge in [0.15, 0.2) is 0 Å². The van der Waals surface area contributed by atoms with Gasteiger partial charge in [0.05, 0.1) is 0 Å². The van der Waals surface area contributed by atoms with Crippen molar-refractivity contribution >= 4 is 5.97 Å². The molecule has 0 aliphatic carbocycles. The van der Waals surface area contributed by atoms with Crippen LogP contribution in [-0.4, -0.2) is 37.6 Å². The van der Waals surface area contributed by atoms with E-state index in [2.05, 4.69) is 6.92 Å². The predicted octanol–water partition coefficient (Wildman–Crippen LogP) is 4.40. The van der Waals surface area contributed by atoms with E-state index < -0.39 is 0 Å². The highest BCUT2D eigenvalue weighted by Gasteiger charge is 2.09. The lowest BCUT2D eigenvalue weighted by Crippen LogP contribution is -2.27. The molecule has 0 fully saturated rings. The van der Waals surface area contributed by atoms with Crippen LogP contribution in [0.2, 0.25) is 0 Å². The van der Waals surface area contributed by atoms with E-state index >= 15 is 0 Å². The van der Waals surface area contributed by atoms with Gasteiger partial charge in [0.1, 0.15) is 6.10 Å². The van der Waals surface area contributed by atoms with Gasteiger partial charge < -0.3 is 9.64 Å². The molecular formula is C17H35NO2. The molecule has 0 N–H and O–H groups in total. The molecule has 0 saturated carbocycles. The molecule has 0 spiro atoms. The molecule has 0 rings (SSSR count). The fourth-order valence-electron chi connectivity index (χ4n) is 2.41. The van der Waals surface area contributed by atoms with E-state index in [1.54, 1.807) is 0 Å². The van der Waals surface area contributed by atoms with Crippen molar-refractivity contribution in [3.8, 4) is 0 Å². The minimum absolute atomic E-state index is 0.00364. The first-order valence-corrected chi connectivity index (χ1v) is 8.40. The molecule has 3 heteroatoms. The number of nitrogens with zero attached hydrogens (tertiary/aromatic N) is 1. The predicted molar refractivity (Wildman–Crippen MR) is 86.0 cm³/mol. The maximum Gasteiger partial charge on any atom is 0.306 e. The second-order valence-electron chi connectivity index (χ2n) is 6.14. The highest BCUT2D eigenvalue weighted by Crippen LogP contribution is 2.11. The molecule has 0 aromatic heterocycles. The number of hydrogen-bond acceptors (Lipinski definition) is 3. The summed E-state index contributed by atoms with van der Waals surface area (Å²) in [6.45, 7) is 5.00. The van der Waals surface area contributed by atoms with E-state index in [0.29, 0.717) is 6.42 Å². The van der Waals surface area contributed by atoms with E-state index in [4.69, 9.17) is 4.74 Å². The van der Waals surface area contributed by atoms with Crippen LogP contribution in [0.3, 0.4) is 0 Å². The first-order valence-electron chi connectivity index (χ1n) is 8.40. The largest absolute Gasteiger partial charge is 0.461 e. The fraction of sp³-hybridized carbons (Fsp3) is 0.941. The van der Waals surface area contributed by atoms with Crippen molar-refractivity contribution in [2.24, 2.45) is 0 Å². The van der Waals surface area contributed by atoms with Crippen LogP contribution in [0, 0.1) is 0 Å². The first-order chi connectivity index (χ1) is 9.56. The lowest BCUT2D eigenvalue weighted by atomic mass is 10.1. The molecule has 1 atom stereocenters. The summed E-state index contributed by atoms with van der Waals surface area (Å²) in [4.78, 5) is 13.6. The molecule has 0 aliphatic rings. The summed E-state index contributed by atoms with van der Waals surface area (Å²) < 4.78 is 5.35. The normalized spacial score (nSPS) is 12.7. The maximum absolute atomic E-state index is 11.6. The van der Waals surface area contributed by atoms with Crippen LogP contribution < -0.4 is 0 Å². The standard InChI is InChI=1S/C17H35NO2/c1-5-6-7-8-9-10-11-12-13-14-17(19)20-16(2)15-18(3)4/h16H,5-15H2,1-4H3. The van der Waals surface area contributed by atoms with Crippen LogP contribution in [0.15, 0.2) is 0 Å². The summed E-state index contributed by atoms with van der Waals surface area (Å²) in [6.07, 6.45) is 12.1. The Balaban J connectivity index is 3.31. The van der Waals surface area contributed by atoms with E-state index in [1.165, 1.54) is 44.9 Å². The van der Waals surface area contributed by atoms with Crippen LogP contribution in [-0.2, 0) is 9.53 Å². The van der Waals surface area contributed by atoms with Gasteiger partial charge in [-0.15, -0.1) is 0 Å². The Morgan fingerprint density at radius 3 is 1.95 bits per heavy atom. The quantitative estimate of drug-likeness (QED) is 0.371. The average Bonchev–Trinajstić information content (AvgIpc) is 2.35. The van der Waals surface area contributed by atoms with E-state index in [1.807, 2.05) is 25.9 Å². The number of unbranched alkanes of at least 4 members (excludes halogenated alkanes) is 8. The monoisotopic (exact) mass is 285 g/mol. The van der Waals surface area contributed by atoms with Crippen LogP contribution in [0.5, 0.6) is 0 Å². The first kappa shape index (κ1) is 19.4. The molecule has 0 heterocycles. The zero-order valence-corrected chi connectivity index (χ0v) is 14.1. The Morgan fingerprint density at radius 1 is 0.950 bits per heavy atom. The third kappa shape index (κ3) is 13.9. The van der Waals surface area contributed by atoms with Crippen LogP contribution in [0.4, 0.5) is 0 Å². The lowest BCUT2D eigenvalue weighted by molar-refractivity contribution is -0.148. The minimum atomic E-state index is -0.0395. The van der Waals surface area contributed by atoms with Gasteiger partial charge in [0.25, 0.3) is 0 Å². The summed E-state index contributed by atoms with van der Waals surface area (Å²) in [5, 5.41) is 0. The van der Waals surface area contributed by atoms with Crippen LogP contribution >= 0.6 is 0 Å². The lowest BCUT2D eigenvalue weighted by Gasteiger charge is -2.17. The van der Waals surface area contributed by atoms with Gasteiger partial charge >= 0.3 is 5.97 Å². The Kier molecular flexibility index (Phi) is 13.0. The summed E-state index contributed by atoms with van der Waals surface area (Å²) in [5.74, 6) is -0.0395. The Bertz CT molecular complexity index is 229. The molecule has 20 heavy (non-hydrogen) atoms. The van der Waals surface area contributed by atoms with Gasteiger partial charge in [-0.3, -0.25) is 4.79 Å². The molecule has 0 amide bonds. The summed E-state index contributed by atoms with van der Waals surface area (Å²) >= 11 is 0. The van der Waals surface area contributed by atoms with Gasteiger partial charge in [-0.1, -0.05) is 58.3 Å². The van der Waals surface area contributed by atoms with Crippen molar-refractivity contribution in [2.75, 3.05) is 20.6 Å². The summed E-state index contributed by atoms with van der Waals surface area (Å²) in [6, 6.07) is 0. The van der Waals surface area contributed by atoms with E-state index in [-0.39, 0.29) is 12.1 Å². The Labute approximate surface area is 126 Å². The van der Waals surface area contributed by atoms with Gasteiger partial charge in [0, 0.05) is 13.0 Å². The molecule has 0 aromatic rings. The van der Waals surface area contributed by atoms with Gasteiger partial charge in [-0.05, 0) is 27.4 Å². The van der Waals surface area contributed by atoms with Crippen LogP contribution in [0.25, 0.3) is 0 Å². The minimum Gasteiger partial charge on any atom is -0.461 e. The highest BCUT2D eigenvalue weighted by molar-refractivity contribution is 5.69. The molecule has 0 saturated heterocycles. The van der Waals surface area contributed by atoms with Gasteiger partial charge in [-0.2, -0.15) is 0 Å². The maximum atomic E-state index is 11.6. The summed E-state index contributed by atoms with van der Waals surface area (Å²) in [7, 11) is 3.98. The molecule has 3 nitrogen and oxygen atoms in total. The SMILES string of the molecule is CCCCCCCCCCCC(=O)OC(C)CN(C)C. The van der Waals surface area contributed by atoms with Crippen molar-refractivity contribution in [1.82, 2.24) is 4.90 Å². The number of esters is 1. The van der Waals surface area contributed by atoms with Crippen molar-refractivity contribution < 1.29 is 9.53 Å². The van der Waals surface area contributed by atoms with Crippen LogP contribution in [0.1, 0.15) is 78.1 Å². The van der Waals surface area contributed by atoms with E-state index in [9.17, 15) is 4.79 Å². The van der Waals surface area contributed by atoms with Gasteiger partial charge in [-0.25, -0.2) is 0 Å². The number of hydrogen-bond donors (Lipinski definition) is 0. The molecular weight excluding hydrogens is 250 g/mol. The highest BCUT2D eigenvalue weighted by atomic mass is 16.5. The smallest absolute Gasteiger partial charge is 0.306 e. The second kappa shape index (κ2) is 13.4. The zero-order valence-electron chi connectivity index (χ0n) is 14.1. The number of ether oxygens (including phenoxy) is 1. The number of likely N-dealkylation sites (N-methyl/N-ethyl adjacent to an activating group) is 1. The van der Waals surface area contributed by atoms with Crippen molar-refractivity contribution in [3.63, 3.8) is 0 Å². The fourth-order valence-corrected chi connectivity index (χ4v) is 2.41. The van der Waals surface area contributed by atoms with Gasteiger partial charge in [0.2, 0.25) is 0 Å². The number of rotatable bonds is 13. The molecule has 1 unspecified atom stereocenters. The Morgan fingerprint density at radius 2 is 1.45 bits per heavy atom. The second-order valence-corrected chi connectivity index (χ2v) is 6.14. The van der Waals surface area contributed by atoms with Crippen molar-refractivity contribution in [2.45, 2.75) is 84.2 Å². The Hall–Kier alpha value is -0.570. The molecule has 0 radical (unpaired) electrons. The van der Waals surface area contributed by atoms with E-state index in [0.717, 1.165) is 19.4 Å². The summed E-state index contributed by atoms with van der Waals surface area (Å²) in [5.41, 5.74) is 0. The molecule has 0 aliphatic heterocycles. The molecule has 0 aromatic carbocycles. The molecule has 120 valence electrons. The zero-order chi connectivity index (χ0) is 15.2. The van der Waals surface area contributed by atoms with Crippen molar-refractivity contribution in [3.05, 3.63) is 0 Å². The number of carbonyl (C=O) groups is 1. The number of carbonyl (C=O) groups excluding carboxylic acids is 1. The van der Waals surface area contributed by atoms with Crippen molar-refractivity contribution in [1.29, 1.82) is 0 Å². The third-order valence-electron chi connectivity index (χ3n) is 3.44. The third-order valence-corrected chi connectivity index (χ3v) is 3.44. The average molecular weight is 285 g/mol.